The summed E-state index contributed by atoms with van der Waals surface area (Å²) < 4.78 is 7.55. The Morgan fingerprint density at radius 2 is 2.40 bits per heavy atom. The van der Waals surface area contributed by atoms with Crippen LogP contribution in [0.2, 0.25) is 0 Å². The molecule has 106 valence electrons. The van der Waals surface area contributed by atoms with Crippen LogP contribution in [0.15, 0.2) is 24.5 Å². The Morgan fingerprint density at radius 3 is 3.05 bits per heavy atom. The minimum absolute atomic E-state index is 0.0362. The second-order valence-corrected chi connectivity index (χ2v) is 5.07. The molecule has 0 bridgehead atoms. The van der Waals surface area contributed by atoms with Crippen LogP contribution >= 0.6 is 0 Å². The van der Waals surface area contributed by atoms with E-state index in [1.54, 1.807) is 6.20 Å². The van der Waals surface area contributed by atoms with Crippen molar-refractivity contribution in [3.05, 3.63) is 41.7 Å². The Hall–Kier alpha value is -2.08. The monoisotopic (exact) mass is 274 g/mol. The van der Waals surface area contributed by atoms with Crippen molar-refractivity contribution < 1.29 is 9.53 Å². The minimum Gasteiger partial charge on any atom is -0.367 e. The third kappa shape index (κ3) is 2.34. The molecular weight excluding hydrogens is 256 g/mol. The van der Waals surface area contributed by atoms with E-state index >= 15 is 0 Å². The molecule has 1 atom stereocenters. The van der Waals surface area contributed by atoms with E-state index in [-0.39, 0.29) is 12.0 Å². The van der Waals surface area contributed by atoms with E-state index in [0.29, 0.717) is 25.4 Å². The minimum atomic E-state index is -0.179. The van der Waals surface area contributed by atoms with Gasteiger partial charge in [0.15, 0.2) is 0 Å². The molecule has 1 N–H and O–H groups in total. The Labute approximate surface area is 117 Å². The maximum atomic E-state index is 12.5. The van der Waals surface area contributed by atoms with Crippen LogP contribution in [0.4, 0.5) is 0 Å². The number of morpholine rings is 1. The van der Waals surface area contributed by atoms with Crippen LogP contribution in [0, 0.1) is 6.92 Å². The van der Waals surface area contributed by atoms with Gasteiger partial charge in [-0.15, -0.1) is 0 Å². The number of imidazole rings is 1. The fraction of sp³-hybridized carbons (Fsp3) is 0.429. The standard InChI is InChI=1S/C14H18N4O2/c1-10-8-15-13(16-10)12-9-18(6-7-20-12)14(19)11-4-3-5-17(11)2/h3-5,8,12H,6-7,9H2,1-2H3,(H,15,16). The van der Waals surface area contributed by atoms with Gasteiger partial charge in [0.25, 0.3) is 5.91 Å². The molecule has 0 radical (unpaired) electrons. The van der Waals surface area contributed by atoms with E-state index in [1.807, 2.05) is 41.8 Å². The number of aromatic amines is 1. The van der Waals surface area contributed by atoms with E-state index in [9.17, 15) is 4.79 Å². The van der Waals surface area contributed by atoms with Crippen molar-refractivity contribution >= 4 is 5.91 Å². The largest absolute Gasteiger partial charge is 0.367 e. The SMILES string of the molecule is Cc1cnc(C2CN(C(=O)c3cccn3C)CCO2)[nH]1. The molecule has 3 heterocycles. The molecule has 3 rings (SSSR count). The first kappa shape index (κ1) is 12.9. The predicted molar refractivity (Wildman–Crippen MR) is 73.3 cm³/mol. The fourth-order valence-electron chi connectivity index (χ4n) is 2.44. The first-order valence-corrected chi connectivity index (χ1v) is 6.69. The first-order chi connectivity index (χ1) is 9.65. The van der Waals surface area contributed by atoms with Gasteiger partial charge in [-0.25, -0.2) is 4.98 Å². The second kappa shape index (κ2) is 5.13. The maximum Gasteiger partial charge on any atom is 0.270 e. The predicted octanol–water partition coefficient (Wildman–Crippen LogP) is 1.27. The van der Waals surface area contributed by atoms with Gasteiger partial charge in [-0.2, -0.15) is 0 Å². The van der Waals surface area contributed by atoms with Crippen molar-refractivity contribution in [3.8, 4) is 0 Å². The zero-order chi connectivity index (χ0) is 14.1. The maximum absolute atomic E-state index is 12.5. The molecule has 6 nitrogen and oxygen atoms in total. The highest BCUT2D eigenvalue weighted by atomic mass is 16.5. The van der Waals surface area contributed by atoms with Crippen molar-refractivity contribution in [2.45, 2.75) is 13.0 Å². The van der Waals surface area contributed by atoms with Crippen LogP contribution in [-0.4, -0.2) is 45.0 Å². The molecule has 1 aliphatic heterocycles. The number of nitrogens with one attached hydrogen (secondary N) is 1. The molecule has 2 aromatic heterocycles. The van der Waals surface area contributed by atoms with Gasteiger partial charge in [-0.05, 0) is 19.1 Å². The molecule has 1 aliphatic rings. The average Bonchev–Trinajstić information content (AvgIpc) is 3.07. The highest BCUT2D eigenvalue weighted by Gasteiger charge is 2.28. The molecule has 1 saturated heterocycles. The number of carbonyl (C=O) groups is 1. The molecule has 2 aromatic rings. The van der Waals surface area contributed by atoms with Crippen LogP contribution in [0.1, 0.15) is 28.1 Å². The van der Waals surface area contributed by atoms with Crippen molar-refractivity contribution in [2.24, 2.45) is 7.05 Å². The number of ether oxygens (including phenoxy) is 1. The normalized spacial score (nSPS) is 19.3. The summed E-state index contributed by atoms with van der Waals surface area (Å²) in [5, 5.41) is 0. The Bertz CT molecular complexity index is 616. The van der Waals surface area contributed by atoms with Crippen molar-refractivity contribution in [1.29, 1.82) is 0 Å². The Morgan fingerprint density at radius 1 is 1.55 bits per heavy atom. The van der Waals surface area contributed by atoms with E-state index in [0.717, 1.165) is 11.5 Å². The van der Waals surface area contributed by atoms with E-state index in [1.165, 1.54) is 0 Å². The smallest absolute Gasteiger partial charge is 0.270 e. The number of hydrogen-bond donors (Lipinski definition) is 1. The number of nitrogens with zero attached hydrogens (tertiary/aromatic N) is 3. The lowest BCUT2D eigenvalue weighted by molar-refractivity contribution is -0.0267. The molecular formula is C14H18N4O2. The zero-order valence-corrected chi connectivity index (χ0v) is 11.7. The second-order valence-electron chi connectivity index (χ2n) is 5.07. The van der Waals surface area contributed by atoms with Gasteiger partial charge >= 0.3 is 0 Å². The van der Waals surface area contributed by atoms with Crippen molar-refractivity contribution in [3.63, 3.8) is 0 Å². The lowest BCUT2D eigenvalue weighted by atomic mass is 10.2. The highest BCUT2D eigenvalue weighted by Crippen LogP contribution is 2.21. The third-order valence-corrected chi connectivity index (χ3v) is 3.54. The van der Waals surface area contributed by atoms with Gasteiger partial charge in [-0.1, -0.05) is 0 Å². The molecule has 20 heavy (non-hydrogen) atoms. The van der Waals surface area contributed by atoms with Crippen LogP contribution < -0.4 is 0 Å². The van der Waals surface area contributed by atoms with Gasteiger partial charge in [0.05, 0.1) is 13.2 Å². The summed E-state index contributed by atoms with van der Waals surface area (Å²) in [7, 11) is 1.88. The summed E-state index contributed by atoms with van der Waals surface area (Å²) >= 11 is 0. The molecule has 0 spiro atoms. The lowest BCUT2D eigenvalue weighted by Crippen LogP contribution is -2.43. The van der Waals surface area contributed by atoms with Gasteiger partial charge in [0.2, 0.25) is 0 Å². The van der Waals surface area contributed by atoms with Gasteiger partial charge < -0.3 is 19.2 Å². The van der Waals surface area contributed by atoms with E-state index < -0.39 is 0 Å². The molecule has 1 amide bonds. The van der Waals surface area contributed by atoms with Gasteiger partial charge in [-0.3, -0.25) is 4.79 Å². The number of amides is 1. The van der Waals surface area contributed by atoms with E-state index in [2.05, 4.69) is 9.97 Å². The third-order valence-electron chi connectivity index (χ3n) is 3.54. The summed E-state index contributed by atoms with van der Waals surface area (Å²) in [6, 6.07) is 3.71. The Kier molecular flexibility index (Phi) is 3.31. The quantitative estimate of drug-likeness (QED) is 0.897. The number of aromatic nitrogens is 3. The molecule has 0 aliphatic carbocycles. The fourth-order valence-corrected chi connectivity index (χ4v) is 2.44. The number of H-pyrrole nitrogens is 1. The van der Waals surface area contributed by atoms with E-state index in [4.69, 9.17) is 4.74 Å². The first-order valence-electron chi connectivity index (χ1n) is 6.69. The summed E-state index contributed by atoms with van der Waals surface area (Å²) in [6.45, 7) is 3.62. The topological polar surface area (TPSA) is 63.1 Å². The molecule has 0 aromatic carbocycles. The molecule has 1 unspecified atom stereocenters. The lowest BCUT2D eigenvalue weighted by Gasteiger charge is -2.32. The summed E-state index contributed by atoms with van der Waals surface area (Å²) in [5.41, 5.74) is 1.69. The molecule has 0 saturated carbocycles. The number of aryl methyl sites for hydroxylation is 2. The van der Waals surface area contributed by atoms with Crippen LogP contribution in [-0.2, 0) is 11.8 Å². The summed E-state index contributed by atoms with van der Waals surface area (Å²) in [5.74, 6) is 0.820. The number of hydrogen-bond acceptors (Lipinski definition) is 3. The Balaban J connectivity index is 1.75. The molecule has 6 heteroatoms. The van der Waals surface area contributed by atoms with Crippen molar-refractivity contribution in [1.82, 2.24) is 19.4 Å². The highest BCUT2D eigenvalue weighted by molar-refractivity contribution is 5.92. The number of carbonyl (C=O) groups excluding carboxylic acids is 1. The average molecular weight is 274 g/mol. The van der Waals surface area contributed by atoms with Crippen LogP contribution in [0.5, 0.6) is 0 Å². The summed E-state index contributed by atoms with van der Waals surface area (Å²) in [4.78, 5) is 21.8. The van der Waals surface area contributed by atoms with Gasteiger partial charge in [0, 0.05) is 31.7 Å². The van der Waals surface area contributed by atoms with Gasteiger partial charge in [0.1, 0.15) is 17.6 Å². The zero-order valence-electron chi connectivity index (χ0n) is 11.7. The number of rotatable bonds is 2. The van der Waals surface area contributed by atoms with Crippen LogP contribution in [0.25, 0.3) is 0 Å². The van der Waals surface area contributed by atoms with Crippen LogP contribution in [0.3, 0.4) is 0 Å². The van der Waals surface area contributed by atoms with Crippen molar-refractivity contribution in [2.75, 3.05) is 19.7 Å². The molecule has 1 fully saturated rings. The summed E-state index contributed by atoms with van der Waals surface area (Å²) in [6.07, 6.45) is 3.47.